The van der Waals surface area contributed by atoms with E-state index in [-0.39, 0.29) is 0 Å². The van der Waals surface area contributed by atoms with Gasteiger partial charge < -0.3 is 0 Å². The van der Waals surface area contributed by atoms with Crippen molar-refractivity contribution in [3.05, 3.63) is 11.9 Å². The van der Waals surface area contributed by atoms with Crippen molar-refractivity contribution in [1.29, 1.82) is 0 Å². The van der Waals surface area contributed by atoms with Crippen LogP contribution in [0, 0.1) is 0 Å². The third-order valence-corrected chi connectivity index (χ3v) is 0.611. The van der Waals surface area contributed by atoms with Crippen molar-refractivity contribution in [2.75, 3.05) is 0 Å². The van der Waals surface area contributed by atoms with E-state index in [9.17, 15) is 0 Å². The molecule has 0 unspecified atom stereocenters. The minimum Gasteiger partial charge on any atom is -0.271 e. The molecule has 0 saturated carbocycles. The summed E-state index contributed by atoms with van der Waals surface area (Å²) in [6.07, 6.45) is 3.33. The van der Waals surface area contributed by atoms with Crippen LogP contribution < -0.4 is 0 Å². The van der Waals surface area contributed by atoms with E-state index in [4.69, 9.17) is 0 Å². The van der Waals surface area contributed by atoms with Gasteiger partial charge in [-0.15, -0.1) is 0 Å². The molecule has 0 saturated heterocycles. The van der Waals surface area contributed by atoms with Crippen LogP contribution in [0.4, 0.5) is 0 Å². The molecule has 0 aliphatic heterocycles. The van der Waals surface area contributed by atoms with E-state index >= 15 is 0 Å². The molecule has 0 spiro atoms. The predicted molar refractivity (Wildman–Crippen MR) is 37.5 cm³/mol. The van der Waals surface area contributed by atoms with E-state index in [0.29, 0.717) is 0 Å². The maximum Gasteiger partial charge on any atom is 0.0550 e. The van der Waals surface area contributed by atoms with Gasteiger partial charge in [-0.2, -0.15) is 0 Å². The molecular weight excluding hydrogens is 100 g/mol. The third kappa shape index (κ3) is 3.28. The third-order valence-electron chi connectivity index (χ3n) is 0.611. The van der Waals surface area contributed by atoms with Gasteiger partial charge in [-0.05, 0) is 20.6 Å². The van der Waals surface area contributed by atoms with Crippen LogP contribution >= 0.6 is 0 Å². The highest BCUT2D eigenvalue weighted by molar-refractivity contribution is 5.55. The van der Waals surface area contributed by atoms with Gasteiger partial charge in [0.1, 0.15) is 0 Å². The lowest BCUT2D eigenvalue weighted by Gasteiger charge is -1.82. The Morgan fingerprint density at radius 3 is 2.62 bits per heavy atom. The van der Waals surface area contributed by atoms with Crippen LogP contribution in [0.5, 0.6) is 0 Å². The van der Waals surface area contributed by atoms with E-state index < -0.39 is 0 Å². The smallest absolute Gasteiger partial charge is 0.0550 e. The number of allylic oxidation sites excluding steroid dienone is 1. The molecule has 2 heteroatoms. The van der Waals surface area contributed by atoms with Crippen molar-refractivity contribution < 1.29 is 0 Å². The Morgan fingerprint density at radius 1 is 1.62 bits per heavy atom. The monoisotopic (exact) mass is 110 g/mol. The van der Waals surface area contributed by atoms with Crippen LogP contribution in [0.2, 0.25) is 0 Å². The fourth-order valence-corrected chi connectivity index (χ4v) is 0.369. The van der Waals surface area contributed by atoms with Crippen molar-refractivity contribution in [3.8, 4) is 0 Å². The quantitative estimate of drug-likeness (QED) is 0.483. The molecule has 0 aromatic carbocycles. The Labute approximate surface area is 49.7 Å². The molecule has 2 nitrogen and oxygen atoms in total. The Hall–Kier alpha value is -0.920. The first-order valence-electron chi connectivity index (χ1n) is 2.42. The maximum absolute atomic E-state index is 3.92. The van der Waals surface area contributed by atoms with E-state index in [1.165, 1.54) is 0 Å². The van der Waals surface area contributed by atoms with Gasteiger partial charge in [0.05, 0.1) is 5.70 Å². The van der Waals surface area contributed by atoms with Gasteiger partial charge in [0.2, 0.25) is 0 Å². The van der Waals surface area contributed by atoms with Gasteiger partial charge in [0.15, 0.2) is 0 Å². The normalized spacial score (nSPS) is 12.5. The van der Waals surface area contributed by atoms with E-state index in [0.717, 1.165) is 5.70 Å². The summed E-state index contributed by atoms with van der Waals surface area (Å²) >= 11 is 0. The fourth-order valence-electron chi connectivity index (χ4n) is 0.369. The van der Waals surface area contributed by atoms with Crippen LogP contribution in [0.15, 0.2) is 21.9 Å². The van der Waals surface area contributed by atoms with E-state index in [1.54, 1.807) is 12.4 Å². The van der Waals surface area contributed by atoms with Gasteiger partial charge in [0, 0.05) is 12.4 Å². The second kappa shape index (κ2) is 4.24. The summed E-state index contributed by atoms with van der Waals surface area (Å²) in [5, 5.41) is 0. The van der Waals surface area contributed by atoms with Crippen molar-refractivity contribution in [2.24, 2.45) is 9.98 Å². The van der Waals surface area contributed by atoms with Crippen LogP contribution in [0.3, 0.4) is 0 Å². The Kier molecular flexibility index (Phi) is 3.76. The fraction of sp³-hybridized carbons (Fsp3) is 0.333. The molecular formula is C6H10N2. The topological polar surface area (TPSA) is 24.7 Å². The zero-order valence-corrected chi connectivity index (χ0v) is 5.26. The molecule has 0 amide bonds. The van der Waals surface area contributed by atoms with Gasteiger partial charge in [-0.3, -0.25) is 9.98 Å². The van der Waals surface area contributed by atoms with Crippen LogP contribution in [-0.2, 0) is 0 Å². The zero-order chi connectivity index (χ0) is 6.41. The molecule has 0 N–H and O–H groups in total. The molecule has 0 aliphatic rings. The molecule has 0 bridgehead atoms. The van der Waals surface area contributed by atoms with Crippen molar-refractivity contribution in [1.82, 2.24) is 0 Å². The van der Waals surface area contributed by atoms with Crippen LogP contribution in [0.1, 0.15) is 13.8 Å². The van der Waals surface area contributed by atoms with E-state index in [2.05, 4.69) is 16.7 Å². The molecule has 0 aliphatic carbocycles. The molecule has 0 atom stereocenters. The summed E-state index contributed by atoms with van der Waals surface area (Å²) in [5.74, 6) is 0. The highest BCUT2D eigenvalue weighted by atomic mass is 14.8. The Balaban J connectivity index is 3.79. The SMILES string of the molecule is C=N/C=C(C)/N=C\C. The van der Waals surface area contributed by atoms with Crippen LogP contribution in [0.25, 0.3) is 0 Å². The average Bonchev–Trinajstić information content (AvgIpc) is 1.68. The van der Waals surface area contributed by atoms with Gasteiger partial charge in [0.25, 0.3) is 0 Å². The molecule has 0 aromatic rings. The summed E-state index contributed by atoms with van der Waals surface area (Å²) in [4.78, 5) is 7.45. The first-order chi connectivity index (χ1) is 3.81. The number of hydrogen-bond donors (Lipinski definition) is 0. The van der Waals surface area contributed by atoms with Crippen LogP contribution in [-0.4, -0.2) is 12.9 Å². The lowest BCUT2D eigenvalue weighted by atomic mass is 10.5. The first-order valence-corrected chi connectivity index (χ1v) is 2.42. The second-order valence-electron chi connectivity index (χ2n) is 1.34. The zero-order valence-electron chi connectivity index (χ0n) is 5.26. The largest absolute Gasteiger partial charge is 0.271 e. The Bertz CT molecular complexity index is 122. The summed E-state index contributed by atoms with van der Waals surface area (Å²) in [5.41, 5.74) is 0.877. The lowest BCUT2D eigenvalue weighted by Crippen LogP contribution is -1.65. The summed E-state index contributed by atoms with van der Waals surface area (Å²) < 4.78 is 0. The molecule has 0 aromatic heterocycles. The van der Waals surface area contributed by atoms with Crippen molar-refractivity contribution in [2.45, 2.75) is 13.8 Å². The van der Waals surface area contributed by atoms with Crippen molar-refractivity contribution >= 4 is 12.9 Å². The highest BCUT2D eigenvalue weighted by Crippen LogP contribution is 1.90. The summed E-state index contributed by atoms with van der Waals surface area (Å²) in [7, 11) is 0. The molecule has 8 heavy (non-hydrogen) atoms. The van der Waals surface area contributed by atoms with Gasteiger partial charge in [-0.25, -0.2) is 0 Å². The molecule has 0 fully saturated rings. The maximum atomic E-state index is 3.92. The van der Waals surface area contributed by atoms with Gasteiger partial charge in [-0.1, -0.05) is 0 Å². The van der Waals surface area contributed by atoms with Crippen molar-refractivity contribution in [3.63, 3.8) is 0 Å². The number of nitrogens with zero attached hydrogens (tertiary/aromatic N) is 2. The minimum atomic E-state index is 0.877. The average molecular weight is 110 g/mol. The van der Waals surface area contributed by atoms with Gasteiger partial charge >= 0.3 is 0 Å². The second-order valence-corrected chi connectivity index (χ2v) is 1.34. The minimum absolute atomic E-state index is 0.877. The molecule has 0 rings (SSSR count). The standard InChI is InChI=1S/C6H10N2/c1-4-8-6(2)5-7-3/h4-5H,3H2,1-2H3/b6-5+,8-4-. The summed E-state index contributed by atoms with van der Waals surface area (Å²) in [6.45, 7) is 7.01. The molecule has 0 heterocycles. The molecule has 0 radical (unpaired) electrons. The van der Waals surface area contributed by atoms with E-state index in [1.807, 2.05) is 13.8 Å². The predicted octanol–water partition coefficient (Wildman–Crippen LogP) is 1.64. The number of hydrogen-bond acceptors (Lipinski definition) is 2. The lowest BCUT2D eigenvalue weighted by molar-refractivity contribution is 1.28. The number of rotatable bonds is 2. The first kappa shape index (κ1) is 7.08. The highest BCUT2D eigenvalue weighted by Gasteiger charge is 1.73. The molecule has 44 valence electrons. The number of aliphatic imine (C=N–C) groups is 2. The summed E-state index contributed by atoms with van der Waals surface area (Å²) in [6, 6.07) is 0. The Morgan fingerprint density at radius 2 is 2.25 bits per heavy atom.